The van der Waals surface area contributed by atoms with Gasteiger partial charge >= 0.3 is 5.97 Å². The van der Waals surface area contributed by atoms with Crippen molar-refractivity contribution in [3.63, 3.8) is 0 Å². The van der Waals surface area contributed by atoms with Crippen LogP contribution in [-0.4, -0.2) is 24.1 Å². The normalized spacial score (nSPS) is 11.1. The molecule has 0 aliphatic heterocycles. The Balaban J connectivity index is 3.07. The highest BCUT2D eigenvalue weighted by Gasteiger charge is 2.18. The number of ether oxygens (including phenoxy) is 1. The van der Waals surface area contributed by atoms with Gasteiger partial charge in [-0.05, 0) is 26.0 Å². The van der Waals surface area contributed by atoms with Gasteiger partial charge in [-0.3, -0.25) is 4.79 Å². The maximum Gasteiger partial charge on any atom is 0.351 e. The second-order valence-electron chi connectivity index (χ2n) is 4.02. The van der Waals surface area contributed by atoms with E-state index in [0.29, 0.717) is 5.03 Å². The minimum Gasteiger partial charge on any atom is -0.462 e. The number of para-hydroxylation sites is 1. The van der Waals surface area contributed by atoms with Gasteiger partial charge in [0, 0.05) is 5.69 Å². The third-order valence-corrected chi connectivity index (χ3v) is 3.42. The van der Waals surface area contributed by atoms with Crippen molar-refractivity contribution in [2.75, 3.05) is 17.7 Å². The zero-order valence-electron chi connectivity index (χ0n) is 11.9. The van der Waals surface area contributed by atoms with Crippen LogP contribution in [0.25, 0.3) is 0 Å². The molecule has 0 heterocycles. The second kappa shape index (κ2) is 8.82. The fraction of sp³-hybridized carbons (Fsp3) is 0.267. The maximum absolute atomic E-state index is 11.8. The van der Waals surface area contributed by atoms with Crippen LogP contribution in [0.4, 0.5) is 5.69 Å². The highest BCUT2D eigenvalue weighted by atomic mass is 32.2. The van der Waals surface area contributed by atoms with Crippen molar-refractivity contribution in [3.8, 4) is 6.07 Å². The van der Waals surface area contributed by atoms with Crippen LogP contribution >= 0.6 is 11.8 Å². The summed E-state index contributed by atoms with van der Waals surface area (Å²) in [6.07, 6.45) is 0. The molecule has 21 heavy (non-hydrogen) atoms. The number of carbonyl (C=O) groups excluding carboxylic acids is 2. The minimum atomic E-state index is -0.700. The van der Waals surface area contributed by atoms with Crippen LogP contribution in [0.2, 0.25) is 0 Å². The number of carbonyl (C=O) groups is 2. The van der Waals surface area contributed by atoms with Crippen molar-refractivity contribution in [2.24, 2.45) is 0 Å². The monoisotopic (exact) mass is 304 g/mol. The molecule has 0 saturated heterocycles. The Morgan fingerprint density at radius 2 is 2.00 bits per heavy atom. The molecule has 1 N–H and O–H groups in total. The smallest absolute Gasteiger partial charge is 0.351 e. The van der Waals surface area contributed by atoms with Gasteiger partial charge in [-0.2, -0.15) is 5.26 Å². The summed E-state index contributed by atoms with van der Waals surface area (Å²) < 4.78 is 4.86. The van der Waals surface area contributed by atoms with Gasteiger partial charge in [0.05, 0.1) is 17.4 Å². The zero-order valence-corrected chi connectivity index (χ0v) is 12.7. The fourth-order valence-corrected chi connectivity index (χ4v) is 2.20. The van der Waals surface area contributed by atoms with Gasteiger partial charge in [0.1, 0.15) is 11.9 Å². The number of nitrogens with zero attached hydrogens (tertiary/aromatic N) is 1. The van der Waals surface area contributed by atoms with Crippen molar-refractivity contribution in [3.05, 3.63) is 40.9 Å². The van der Waals surface area contributed by atoms with Crippen LogP contribution in [0.1, 0.15) is 13.8 Å². The van der Waals surface area contributed by atoms with Crippen molar-refractivity contribution >= 4 is 29.2 Å². The first-order valence-electron chi connectivity index (χ1n) is 6.34. The lowest BCUT2D eigenvalue weighted by Crippen LogP contribution is -2.12. The van der Waals surface area contributed by atoms with Gasteiger partial charge in [-0.1, -0.05) is 30.0 Å². The lowest BCUT2D eigenvalue weighted by Gasteiger charge is -2.12. The largest absolute Gasteiger partial charge is 0.462 e. The number of anilines is 1. The Labute approximate surface area is 128 Å². The lowest BCUT2D eigenvalue weighted by atomic mass is 10.3. The summed E-state index contributed by atoms with van der Waals surface area (Å²) >= 11 is 1.11. The molecular weight excluding hydrogens is 288 g/mol. The second-order valence-corrected chi connectivity index (χ2v) is 5.00. The van der Waals surface area contributed by atoms with Gasteiger partial charge < -0.3 is 10.1 Å². The van der Waals surface area contributed by atoms with E-state index in [1.807, 2.05) is 24.3 Å². The average Bonchev–Trinajstić information content (AvgIpc) is 2.46. The summed E-state index contributed by atoms with van der Waals surface area (Å²) in [4.78, 5) is 22.9. The molecule has 1 aromatic carbocycles. The Morgan fingerprint density at radius 3 is 2.52 bits per heavy atom. The van der Waals surface area contributed by atoms with E-state index in [1.54, 1.807) is 19.1 Å². The third kappa shape index (κ3) is 5.71. The first kappa shape index (κ1) is 16.8. The van der Waals surface area contributed by atoms with Crippen LogP contribution < -0.4 is 5.32 Å². The quantitative estimate of drug-likeness (QED) is 0.474. The summed E-state index contributed by atoms with van der Waals surface area (Å²) in [5.41, 5.74) is 0.590. The van der Waals surface area contributed by atoms with Crippen molar-refractivity contribution < 1.29 is 14.3 Å². The molecule has 1 aromatic rings. The molecule has 0 aliphatic carbocycles. The summed E-state index contributed by atoms with van der Waals surface area (Å²) in [7, 11) is 0. The SMILES string of the molecule is CCOC(=O)/C(C#N)=C(/Nc1ccccc1)SCC(C)=O. The molecule has 0 bridgehead atoms. The van der Waals surface area contributed by atoms with Crippen LogP contribution in [-0.2, 0) is 14.3 Å². The molecule has 5 nitrogen and oxygen atoms in total. The highest BCUT2D eigenvalue weighted by Crippen LogP contribution is 2.23. The van der Waals surface area contributed by atoms with Gasteiger partial charge in [0.15, 0.2) is 5.57 Å². The van der Waals surface area contributed by atoms with Gasteiger partial charge in [0.2, 0.25) is 0 Å². The van der Waals surface area contributed by atoms with E-state index in [2.05, 4.69) is 5.32 Å². The summed E-state index contributed by atoms with van der Waals surface area (Å²) in [5, 5.41) is 12.5. The minimum absolute atomic E-state index is 0.0477. The Hall–Kier alpha value is -2.26. The average molecular weight is 304 g/mol. The Kier molecular flexibility index (Phi) is 7.05. The van der Waals surface area contributed by atoms with E-state index < -0.39 is 5.97 Å². The molecule has 0 fully saturated rings. The predicted octanol–water partition coefficient (Wildman–Crippen LogP) is 2.72. The summed E-state index contributed by atoms with van der Waals surface area (Å²) in [6, 6.07) is 10.9. The number of ketones is 1. The molecule has 0 atom stereocenters. The summed E-state index contributed by atoms with van der Waals surface area (Å²) in [6.45, 7) is 3.30. The van der Waals surface area contributed by atoms with Gasteiger partial charge in [-0.15, -0.1) is 0 Å². The molecule has 6 heteroatoms. The van der Waals surface area contributed by atoms with E-state index in [0.717, 1.165) is 17.4 Å². The van der Waals surface area contributed by atoms with E-state index in [9.17, 15) is 14.9 Å². The molecule has 0 spiro atoms. The molecule has 0 saturated carbocycles. The van der Waals surface area contributed by atoms with Gasteiger partial charge in [-0.25, -0.2) is 4.79 Å². The number of rotatable bonds is 7. The number of esters is 1. The summed E-state index contributed by atoms with van der Waals surface area (Å²) in [5.74, 6) is -0.581. The number of benzene rings is 1. The first-order chi connectivity index (χ1) is 10.1. The molecule has 0 amide bonds. The zero-order chi connectivity index (χ0) is 15.7. The van der Waals surface area contributed by atoms with Crippen LogP contribution in [0.3, 0.4) is 0 Å². The number of nitrogens with one attached hydrogen (secondary N) is 1. The third-order valence-electron chi connectivity index (χ3n) is 2.27. The van der Waals surface area contributed by atoms with E-state index in [1.165, 1.54) is 6.92 Å². The van der Waals surface area contributed by atoms with Crippen LogP contribution in [0.5, 0.6) is 0 Å². The van der Waals surface area contributed by atoms with E-state index in [4.69, 9.17) is 4.74 Å². The predicted molar refractivity (Wildman–Crippen MR) is 82.5 cm³/mol. The fourth-order valence-electron chi connectivity index (χ4n) is 1.39. The molecule has 110 valence electrons. The topological polar surface area (TPSA) is 79.2 Å². The molecule has 0 aromatic heterocycles. The number of Topliss-reactive ketones (excluding diaryl/α,β-unsaturated/α-hetero) is 1. The number of hydrogen-bond acceptors (Lipinski definition) is 6. The van der Waals surface area contributed by atoms with E-state index in [-0.39, 0.29) is 23.7 Å². The van der Waals surface area contributed by atoms with E-state index >= 15 is 0 Å². The number of hydrogen-bond donors (Lipinski definition) is 1. The van der Waals surface area contributed by atoms with Crippen molar-refractivity contribution in [2.45, 2.75) is 13.8 Å². The molecule has 1 rings (SSSR count). The first-order valence-corrected chi connectivity index (χ1v) is 7.32. The molecule has 0 unspecified atom stereocenters. The molecule has 0 radical (unpaired) electrons. The lowest BCUT2D eigenvalue weighted by molar-refractivity contribution is -0.138. The van der Waals surface area contributed by atoms with Crippen molar-refractivity contribution in [1.82, 2.24) is 0 Å². The Bertz CT molecular complexity index is 576. The maximum atomic E-state index is 11.8. The van der Waals surface area contributed by atoms with Crippen molar-refractivity contribution in [1.29, 1.82) is 5.26 Å². The highest BCUT2D eigenvalue weighted by molar-refractivity contribution is 8.03. The number of thioether (sulfide) groups is 1. The van der Waals surface area contributed by atoms with Crippen LogP contribution in [0, 0.1) is 11.3 Å². The van der Waals surface area contributed by atoms with Gasteiger partial charge in [0.25, 0.3) is 0 Å². The molecular formula is C15H16N2O3S. The molecule has 0 aliphatic rings. The standard InChI is InChI=1S/C15H16N2O3S/c1-3-20-15(19)13(9-16)14(21-10-11(2)18)17-12-7-5-4-6-8-12/h4-8,17H,3,10H2,1-2H3/b14-13-. The van der Waals surface area contributed by atoms with Crippen LogP contribution in [0.15, 0.2) is 40.9 Å². The number of nitriles is 1. The Morgan fingerprint density at radius 1 is 1.33 bits per heavy atom.